The highest BCUT2D eigenvalue weighted by Crippen LogP contribution is 2.28. The Balaban J connectivity index is 1.70. The van der Waals surface area contributed by atoms with E-state index in [0.29, 0.717) is 31.6 Å². The summed E-state index contributed by atoms with van der Waals surface area (Å²) in [5.74, 6) is -0.915. The summed E-state index contributed by atoms with van der Waals surface area (Å²) in [5, 5.41) is 8.73. The van der Waals surface area contributed by atoms with Crippen LogP contribution in [0.3, 0.4) is 0 Å². The molecule has 5 N–H and O–H groups in total. The molecule has 0 saturated carbocycles. The van der Waals surface area contributed by atoms with Gasteiger partial charge >= 0.3 is 6.09 Å². The number of nitrogens with one attached hydrogen (secondary N) is 3. The number of alkyl carbamates (subject to hydrolysis) is 1. The van der Waals surface area contributed by atoms with Crippen LogP contribution in [-0.2, 0) is 29.0 Å². The monoisotopic (exact) mass is 595 g/mol. The molecule has 2 heterocycles. The van der Waals surface area contributed by atoms with Gasteiger partial charge in [0.2, 0.25) is 17.7 Å². The SMILES string of the molecule is CC(C)(C)OC(=O)N[C@H]1CNCC[C@H]2CC[C@@H](C(=O)N[C@@H](CCC(N)=O)COc3ccc(S(C)(=O)=O)cc3)N2C1=O. The Morgan fingerprint density at radius 1 is 1.15 bits per heavy atom. The van der Waals surface area contributed by atoms with Crippen LogP contribution in [0.25, 0.3) is 0 Å². The quantitative estimate of drug-likeness (QED) is 0.298. The number of ether oxygens (including phenoxy) is 2. The van der Waals surface area contributed by atoms with E-state index in [4.69, 9.17) is 15.2 Å². The van der Waals surface area contributed by atoms with E-state index in [2.05, 4.69) is 16.0 Å². The Hall–Kier alpha value is -3.39. The molecule has 0 bridgehead atoms. The lowest BCUT2D eigenvalue weighted by molar-refractivity contribution is -0.142. The maximum absolute atomic E-state index is 13.6. The summed E-state index contributed by atoms with van der Waals surface area (Å²) in [5.41, 5.74) is 4.60. The summed E-state index contributed by atoms with van der Waals surface area (Å²) in [7, 11) is -3.36. The average Bonchev–Trinajstić information content (AvgIpc) is 3.28. The second kappa shape index (κ2) is 13.5. The molecule has 1 aromatic carbocycles. The predicted octanol–water partition coefficient (Wildman–Crippen LogP) is 0.465. The van der Waals surface area contributed by atoms with E-state index in [1.54, 1.807) is 25.7 Å². The van der Waals surface area contributed by atoms with Crippen molar-refractivity contribution >= 4 is 33.7 Å². The van der Waals surface area contributed by atoms with Crippen molar-refractivity contribution in [3.8, 4) is 5.75 Å². The number of nitrogens with two attached hydrogens (primary N) is 1. The number of primary amides is 1. The lowest BCUT2D eigenvalue weighted by Crippen LogP contribution is -2.61. The fraction of sp³-hybridized carbons (Fsp3) is 0.630. The van der Waals surface area contributed by atoms with Gasteiger partial charge in [0, 0.05) is 25.3 Å². The van der Waals surface area contributed by atoms with Crippen molar-refractivity contribution in [3.63, 3.8) is 0 Å². The Kier molecular flexibility index (Phi) is 10.6. The van der Waals surface area contributed by atoms with Crippen LogP contribution < -0.4 is 26.4 Å². The molecule has 0 aliphatic carbocycles. The third kappa shape index (κ3) is 9.59. The second-order valence-corrected chi connectivity index (χ2v) is 13.5. The van der Waals surface area contributed by atoms with E-state index < -0.39 is 51.5 Å². The van der Waals surface area contributed by atoms with Crippen LogP contribution in [0, 0.1) is 0 Å². The number of carbonyl (C=O) groups is 4. The molecule has 1 aromatic rings. The van der Waals surface area contributed by atoms with Crippen LogP contribution in [0.4, 0.5) is 4.79 Å². The first-order chi connectivity index (χ1) is 19.1. The van der Waals surface area contributed by atoms with Crippen LogP contribution in [0.2, 0.25) is 0 Å². The molecule has 4 amide bonds. The molecule has 0 radical (unpaired) electrons. The van der Waals surface area contributed by atoms with Gasteiger partial charge in [-0.3, -0.25) is 14.4 Å². The number of rotatable bonds is 10. The minimum atomic E-state index is -3.36. The molecule has 2 fully saturated rings. The van der Waals surface area contributed by atoms with E-state index in [1.807, 2.05) is 0 Å². The van der Waals surface area contributed by atoms with Gasteiger partial charge in [0.05, 0.1) is 10.9 Å². The Bertz CT molecular complexity index is 1220. The molecule has 0 aromatic heterocycles. The van der Waals surface area contributed by atoms with Gasteiger partial charge in [-0.1, -0.05) is 0 Å². The summed E-state index contributed by atoms with van der Waals surface area (Å²) in [6.45, 7) is 5.99. The van der Waals surface area contributed by atoms with Gasteiger partial charge in [-0.25, -0.2) is 13.2 Å². The first-order valence-electron chi connectivity index (χ1n) is 13.7. The zero-order chi connectivity index (χ0) is 30.4. The van der Waals surface area contributed by atoms with Crippen molar-refractivity contribution in [2.75, 3.05) is 26.0 Å². The lowest BCUT2D eigenvalue weighted by Gasteiger charge is -2.36. The first-order valence-corrected chi connectivity index (χ1v) is 15.6. The Labute approximate surface area is 240 Å². The molecule has 2 aliphatic rings. The summed E-state index contributed by atoms with van der Waals surface area (Å²) in [4.78, 5) is 52.7. The number of amides is 4. The normalized spacial score (nSPS) is 22.1. The van der Waals surface area contributed by atoms with Gasteiger partial charge in [0.25, 0.3) is 0 Å². The third-order valence-corrected chi connectivity index (χ3v) is 7.97. The molecule has 2 saturated heterocycles. The zero-order valence-corrected chi connectivity index (χ0v) is 24.8. The van der Waals surface area contributed by atoms with E-state index in [-0.39, 0.29) is 42.8 Å². The maximum Gasteiger partial charge on any atom is 0.408 e. The molecular formula is C27H41N5O8S. The molecule has 0 spiro atoms. The van der Waals surface area contributed by atoms with Crippen LogP contribution in [0.15, 0.2) is 29.2 Å². The standard InChI is InChI=1S/C27H41N5O8S/c1-27(2,3)40-26(36)31-21-15-29-14-13-18-6-11-22(32(18)25(21)35)24(34)30-17(5-12-23(28)33)16-39-19-7-9-20(10-8-19)41(4,37)38/h7-10,17-18,21-22,29H,5-6,11-16H2,1-4H3,(H2,28,33)(H,30,34)(H,31,36)/t17-,18+,21-,22-/m0/s1. The van der Waals surface area contributed by atoms with Gasteiger partial charge in [0.1, 0.15) is 30.0 Å². The Morgan fingerprint density at radius 3 is 2.44 bits per heavy atom. The van der Waals surface area contributed by atoms with Gasteiger partial charge in [0.15, 0.2) is 9.84 Å². The molecule has 14 heteroatoms. The van der Waals surface area contributed by atoms with E-state index in [0.717, 1.165) is 6.26 Å². The van der Waals surface area contributed by atoms with E-state index >= 15 is 0 Å². The van der Waals surface area contributed by atoms with Gasteiger partial charge in [-0.2, -0.15) is 0 Å². The number of hydrogen-bond donors (Lipinski definition) is 4. The van der Waals surface area contributed by atoms with Crippen molar-refractivity contribution in [2.45, 2.75) is 87.5 Å². The topological polar surface area (TPSA) is 186 Å². The summed E-state index contributed by atoms with van der Waals surface area (Å²) in [6.07, 6.45) is 2.33. The molecule has 228 valence electrons. The molecule has 13 nitrogen and oxygen atoms in total. The molecular weight excluding hydrogens is 554 g/mol. The number of nitrogens with zero attached hydrogens (tertiary/aromatic N) is 1. The number of fused-ring (bicyclic) bond motifs is 1. The zero-order valence-electron chi connectivity index (χ0n) is 24.0. The van der Waals surface area contributed by atoms with Crippen molar-refractivity contribution in [3.05, 3.63) is 24.3 Å². The van der Waals surface area contributed by atoms with Crippen LogP contribution in [-0.4, -0.2) is 92.9 Å². The summed E-state index contributed by atoms with van der Waals surface area (Å²) >= 11 is 0. The lowest BCUT2D eigenvalue weighted by atomic mass is 10.1. The van der Waals surface area contributed by atoms with Crippen LogP contribution in [0.1, 0.15) is 52.9 Å². The van der Waals surface area contributed by atoms with E-state index in [1.165, 1.54) is 24.3 Å². The highest BCUT2D eigenvalue weighted by atomic mass is 32.2. The second-order valence-electron chi connectivity index (χ2n) is 11.4. The third-order valence-electron chi connectivity index (χ3n) is 6.84. The van der Waals surface area contributed by atoms with Crippen LogP contribution >= 0.6 is 0 Å². The fourth-order valence-corrected chi connectivity index (χ4v) is 5.52. The van der Waals surface area contributed by atoms with Crippen molar-refractivity contribution in [2.24, 2.45) is 5.73 Å². The van der Waals surface area contributed by atoms with Crippen molar-refractivity contribution in [1.82, 2.24) is 20.9 Å². The molecule has 41 heavy (non-hydrogen) atoms. The fourth-order valence-electron chi connectivity index (χ4n) is 4.89. The smallest absolute Gasteiger partial charge is 0.408 e. The number of carbonyl (C=O) groups excluding carboxylic acids is 4. The molecule has 2 aliphatic heterocycles. The molecule has 3 rings (SSSR count). The largest absolute Gasteiger partial charge is 0.491 e. The minimum Gasteiger partial charge on any atom is -0.491 e. The van der Waals surface area contributed by atoms with Gasteiger partial charge in [-0.15, -0.1) is 0 Å². The minimum absolute atomic E-state index is 0.00477. The maximum atomic E-state index is 13.6. The van der Waals surface area contributed by atoms with Crippen LogP contribution in [0.5, 0.6) is 5.75 Å². The molecule has 0 unspecified atom stereocenters. The van der Waals surface area contributed by atoms with Crippen molar-refractivity contribution < 1.29 is 37.1 Å². The van der Waals surface area contributed by atoms with Gasteiger partial charge < -0.3 is 36.1 Å². The van der Waals surface area contributed by atoms with Crippen molar-refractivity contribution in [1.29, 1.82) is 0 Å². The predicted molar refractivity (Wildman–Crippen MR) is 150 cm³/mol. The number of benzene rings is 1. The van der Waals surface area contributed by atoms with Gasteiger partial charge in [-0.05, 0) is 77.3 Å². The highest BCUT2D eigenvalue weighted by molar-refractivity contribution is 7.90. The Morgan fingerprint density at radius 2 is 1.83 bits per heavy atom. The number of hydrogen-bond acceptors (Lipinski definition) is 9. The molecule has 4 atom stereocenters. The number of sulfone groups is 1. The van der Waals surface area contributed by atoms with E-state index in [9.17, 15) is 27.6 Å². The summed E-state index contributed by atoms with van der Waals surface area (Å²) in [6, 6.07) is 3.40. The average molecular weight is 596 g/mol. The summed E-state index contributed by atoms with van der Waals surface area (Å²) < 4.78 is 34.5. The highest BCUT2D eigenvalue weighted by Gasteiger charge is 2.44. The first kappa shape index (κ1) is 32.1.